The Morgan fingerprint density at radius 1 is 1.17 bits per heavy atom. The summed E-state index contributed by atoms with van der Waals surface area (Å²) in [5.41, 5.74) is 0.178. The third-order valence-electron chi connectivity index (χ3n) is 7.02. The lowest BCUT2D eigenvalue weighted by molar-refractivity contribution is -0.137. The van der Waals surface area contributed by atoms with E-state index in [-0.39, 0.29) is 59.1 Å². The quantitative estimate of drug-likeness (QED) is 0.132. The van der Waals surface area contributed by atoms with Gasteiger partial charge in [0, 0.05) is 48.9 Å². The highest BCUT2D eigenvalue weighted by Gasteiger charge is 2.41. The first-order valence-electron chi connectivity index (χ1n) is 15.1. The molecule has 3 atom stereocenters. The van der Waals surface area contributed by atoms with Crippen molar-refractivity contribution in [3.8, 4) is 0 Å². The zero-order chi connectivity index (χ0) is 35.1. The van der Waals surface area contributed by atoms with Gasteiger partial charge in [0.1, 0.15) is 11.3 Å². The number of rotatable bonds is 14. The van der Waals surface area contributed by atoms with Crippen molar-refractivity contribution in [3.05, 3.63) is 44.8 Å². The summed E-state index contributed by atoms with van der Waals surface area (Å²) in [6, 6.07) is 0.383. The molecule has 15 nitrogen and oxygen atoms in total. The van der Waals surface area contributed by atoms with Gasteiger partial charge in [-0.2, -0.15) is 0 Å². The number of aromatic nitrogens is 2. The van der Waals surface area contributed by atoms with Gasteiger partial charge in [0.15, 0.2) is 33.9 Å². The van der Waals surface area contributed by atoms with E-state index >= 15 is 0 Å². The summed E-state index contributed by atoms with van der Waals surface area (Å²) in [7, 11) is 1.77. The number of β-lactam (4-membered cyclic amide) rings is 1. The summed E-state index contributed by atoms with van der Waals surface area (Å²) in [6.45, 7) is 12.2. The number of aryl methyl sites for hydroxylation is 2. The van der Waals surface area contributed by atoms with E-state index < -0.39 is 41.6 Å². The summed E-state index contributed by atoms with van der Waals surface area (Å²) >= 11 is 1.03. The number of pyridine rings is 1. The molecule has 0 unspecified atom stereocenters. The van der Waals surface area contributed by atoms with Gasteiger partial charge in [-0.3, -0.25) is 24.5 Å². The van der Waals surface area contributed by atoms with Gasteiger partial charge in [0.05, 0.1) is 18.5 Å². The second-order valence-electron chi connectivity index (χ2n) is 12.8. The molecular weight excluding hydrogens is 630 g/mol. The van der Waals surface area contributed by atoms with Gasteiger partial charge in [-0.25, -0.2) is 14.6 Å². The lowest BCUT2D eigenvalue weighted by atomic mass is 9.85. The van der Waals surface area contributed by atoms with E-state index in [1.54, 1.807) is 45.5 Å². The van der Waals surface area contributed by atoms with Gasteiger partial charge in [-0.15, -0.1) is 11.3 Å². The Bertz CT molecular complexity index is 1590. The van der Waals surface area contributed by atoms with Gasteiger partial charge in [0.2, 0.25) is 5.91 Å². The molecule has 2 aromatic rings. The molecule has 0 bridgehead atoms. The highest BCUT2D eigenvalue weighted by atomic mass is 32.1. The number of anilines is 1. The number of hydrogen-bond acceptors (Lipinski definition) is 11. The smallest absolute Gasteiger partial charge is 0.413 e. The highest BCUT2D eigenvalue weighted by molar-refractivity contribution is 7.14. The Morgan fingerprint density at radius 3 is 2.49 bits per heavy atom. The van der Waals surface area contributed by atoms with Crippen LogP contribution in [-0.4, -0.2) is 69.2 Å². The summed E-state index contributed by atoms with van der Waals surface area (Å²) in [6.07, 6.45) is 0.125. The number of ketones is 2. The number of thiazole rings is 1. The molecule has 16 heteroatoms. The fraction of sp³-hybridized carbons (Fsp3) is 0.548. The molecule has 256 valence electrons. The second-order valence-corrected chi connectivity index (χ2v) is 13.6. The molecule has 2 aromatic heterocycles. The van der Waals surface area contributed by atoms with Crippen molar-refractivity contribution < 1.29 is 33.5 Å². The largest absolute Gasteiger partial charge is 0.444 e. The van der Waals surface area contributed by atoms with Crippen LogP contribution in [0.5, 0.6) is 0 Å². The van der Waals surface area contributed by atoms with E-state index in [1.807, 2.05) is 13.8 Å². The first-order valence-corrected chi connectivity index (χ1v) is 16.0. The van der Waals surface area contributed by atoms with Crippen LogP contribution >= 0.6 is 11.3 Å². The fourth-order valence-corrected chi connectivity index (χ4v) is 5.20. The molecule has 1 aliphatic rings. The number of hydrogen-bond donors (Lipinski definition) is 4. The zero-order valence-electron chi connectivity index (χ0n) is 27.9. The topological polar surface area (TPSA) is 199 Å². The van der Waals surface area contributed by atoms with Crippen LogP contribution in [0.1, 0.15) is 71.3 Å². The minimum absolute atomic E-state index is 0.0345. The van der Waals surface area contributed by atoms with Crippen LogP contribution in [0, 0.1) is 18.8 Å². The van der Waals surface area contributed by atoms with Crippen molar-refractivity contribution in [1.29, 1.82) is 0 Å². The van der Waals surface area contributed by atoms with E-state index in [0.717, 1.165) is 11.3 Å². The van der Waals surface area contributed by atoms with Gasteiger partial charge in [0.25, 0.3) is 0 Å². The molecule has 0 radical (unpaired) electrons. The molecule has 0 aliphatic carbocycles. The average Bonchev–Trinajstić information content (AvgIpc) is 3.40. The van der Waals surface area contributed by atoms with E-state index in [9.17, 15) is 28.8 Å². The van der Waals surface area contributed by atoms with Crippen LogP contribution in [0.3, 0.4) is 0 Å². The molecule has 1 saturated heterocycles. The SMILES string of the molecule is CC(=O)[C@H](CC(C)C)O/N=C(\C(=O)C[C@@H]1C(=O)N[C@@H]1CNC(=O)NCc1cc(=O)c(C)cn1C)c1csc(NC(=O)OC(C)(C)C)n1. The fourth-order valence-electron chi connectivity index (χ4n) is 4.52. The third kappa shape index (κ3) is 11.0. The van der Waals surface area contributed by atoms with E-state index in [2.05, 4.69) is 31.4 Å². The maximum absolute atomic E-state index is 13.6. The first kappa shape index (κ1) is 36.9. The van der Waals surface area contributed by atoms with Crippen LogP contribution < -0.4 is 26.7 Å². The average molecular weight is 674 g/mol. The van der Waals surface area contributed by atoms with Gasteiger partial charge in [-0.1, -0.05) is 19.0 Å². The molecule has 47 heavy (non-hydrogen) atoms. The number of carbonyl (C=O) groups excluding carboxylic acids is 5. The molecule has 0 aromatic carbocycles. The number of nitrogens with zero attached hydrogens (tertiary/aromatic N) is 3. The Morgan fingerprint density at radius 2 is 1.87 bits per heavy atom. The van der Waals surface area contributed by atoms with Crippen molar-refractivity contribution >= 4 is 51.8 Å². The summed E-state index contributed by atoms with van der Waals surface area (Å²) in [5, 5.41) is 16.2. The first-order chi connectivity index (χ1) is 21.9. The van der Waals surface area contributed by atoms with Crippen LogP contribution in [0.2, 0.25) is 0 Å². The van der Waals surface area contributed by atoms with Gasteiger partial charge in [-0.05, 0) is 47.0 Å². The molecule has 1 aliphatic heterocycles. The Balaban J connectivity index is 1.70. The molecule has 3 rings (SSSR count). The minimum atomic E-state index is -0.902. The molecule has 0 saturated carbocycles. The van der Waals surface area contributed by atoms with Crippen molar-refractivity contribution in [2.45, 2.75) is 85.6 Å². The normalized spacial score (nSPS) is 16.9. The highest BCUT2D eigenvalue weighted by Crippen LogP contribution is 2.23. The van der Waals surface area contributed by atoms with Crippen LogP contribution in [0.4, 0.5) is 14.7 Å². The maximum atomic E-state index is 13.6. The Hall–Kier alpha value is -4.60. The Labute approximate surface area is 276 Å². The third-order valence-corrected chi connectivity index (χ3v) is 7.78. The van der Waals surface area contributed by atoms with Crippen molar-refractivity contribution in [1.82, 2.24) is 25.5 Å². The predicted octanol–water partition coefficient (Wildman–Crippen LogP) is 2.79. The molecule has 3 heterocycles. The lowest BCUT2D eigenvalue weighted by Crippen LogP contribution is -2.63. The maximum Gasteiger partial charge on any atom is 0.413 e. The number of carbonyl (C=O) groups is 5. The van der Waals surface area contributed by atoms with E-state index in [4.69, 9.17) is 9.57 Å². The van der Waals surface area contributed by atoms with Crippen molar-refractivity contribution in [2.75, 3.05) is 11.9 Å². The van der Waals surface area contributed by atoms with E-state index in [1.165, 1.54) is 18.4 Å². The molecule has 0 spiro atoms. The van der Waals surface area contributed by atoms with Crippen molar-refractivity contribution in [2.24, 2.45) is 24.0 Å². The summed E-state index contributed by atoms with van der Waals surface area (Å²) < 4.78 is 7.00. The number of oxime groups is 1. The summed E-state index contributed by atoms with van der Waals surface area (Å²) in [5.74, 6) is -1.92. The zero-order valence-corrected chi connectivity index (χ0v) is 28.7. The predicted molar refractivity (Wildman–Crippen MR) is 175 cm³/mol. The Kier molecular flexibility index (Phi) is 12.4. The van der Waals surface area contributed by atoms with Crippen LogP contribution in [0.15, 0.2) is 27.6 Å². The number of ether oxygens (including phenoxy) is 1. The lowest BCUT2D eigenvalue weighted by Gasteiger charge is -2.36. The van der Waals surface area contributed by atoms with Gasteiger partial charge >= 0.3 is 12.1 Å². The minimum Gasteiger partial charge on any atom is -0.444 e. The second kappa shape index (κ2) is 15.8. The number of nitrogens with one attached hydrogen (secondary N) is 4. The molecule has 4 amide bonds. The van der Waals surface area contributed by atoms with Crippen LogP contribution in [0.25, 0.3) is 0 Å². The summed E-state index contributed by atoms with van der Waals surface area (Å²) in [4.78, 5) is 84.8. The van der Waals surface area contributed by atoms with E-state index in [0.29, 0.717) is 17.7 Å². The number of Topliss-reactive ketones (excluding diaryl/α,β-unsaturated/α-hetero) is 2. The van der Waals surface area contributed by atoms with Crippen molar-refractivity contribution in [3.63, 3.8) is 0 Å². The molecule has 1 fully saturated rings. The number of urea groups is 1. The van der Waals surface area contributed by atoms with Gasteiger partial charge < -0.3 is 30.1 Å². The molecular formula is C31H43N7O8S. The number of amides is 4. The molecule has 4 N–H and O–H groups in total. The van der Waals surface area contributed by atoms with Crippen LogP contribution in [-0.2, 0) is 37.6 Å². The monoisotopic (exact) mass is 673 g/mol. The standard InChI is InChI=1S/C31H43N7O8S/c1-16(2)9-25(18(4)39)46-37-26(22-15-47-29(35-22)36-30(44)45-31(5,6)7)24(41)11-20-21(34-27(20)42)13-33-28(43)32-12-19-10-23(40)17(3)14-38(19)8/h10,14-16,20-21,25H,9,11-13H2,1-8H3,(H,34,42)(H2,32,33,43)(H,35,36,44)/b37-26-/t20-,21+,25-/m0/s1.